The molecule has 0 saturated heterocycles. The maximum Gasteiger partial charge on any atom is 0.376 e. The lowest BCUT2D eigenvalue weighted by Gasteiger charge is -2.73. The number of anilines is 1. The van der Waals surface area contributed by atoms with E-state index in [4.69, 9.17) is 9.47 Å². The van der Waals surface area contributed by atoms with Crippen LogP contribution in [0.25, 0.3) is 0 Å². The number of nitrogens with zero attached hydrogens (tertiary/aromatic N) is 3. The minimum atomic E-state index is -0.327. The van der Waals surface area contributed by atoms with Crippen LogP contribution in [-0.2, 0) is 19.1 Å². The summed E-state index contributed by atoms with van der Waals surface area (Å²) in [6, 6.07) is 3.82. The zero-order valence-corrected chi connectivity index (χ0v) is 43.8. The van der Waals surface area contributed by atoms with E-state index >= 15 is 0 Å². The van der Waals surface area contributed by atoms with Gasteiger partial charge in [0.05, 0.1) is 12.5 Å². The molecule has 7 nitrogen and oxygen atoms in total. The highest BCUT2D eigenvalue weighted by Crippen LogP contribution is 2.77. The Morgan fingerprint density at radius 3 is 2.06 bits per heavy atom. The number of allylic oxidation sites excluding steroid dienone is 4. The number of aromatic nitrogens is 1. The highest BCUT2D eigenvalue weighted by Gasteiger charge is 2.71. The molecule has 0 aliphatic heterocycles. The molecule has 348 valence electrons. The largest absolute Gasteiger partial charge is 1.00 e. The van der Waals surface area contributed by atoms with Gasteiger partial charge in [-0.15, -0.1) is 0 Å². The first-order valence-electron chi connectivity index (χ1n) is 24.1. The Balaban J connectivity index is 0.00000363. The topological polar surface area (TPSA) is 63.0 Å². The number of pyridine rings is 1. The third kappa shape index (κ3) is 8.45. The van der Waals surface area contributed by atoms with Gasteiger partial charge in [-0.3, -0.25) is 4.79 Å². The van der Waals surface area contributed by atoms with Gasteiger partial charge in [-0.05, 0) is 142 Å². The molecular weight excluding hydrogens is 902 g/mol. The number of hydrogen-bond acceptors (Lipinski definition) is 6. The molecule has 62 heavy (non-hydrogen) atoms. The Labute approximate surface area is 397 Å². The van der Waals surface area contributed by atoms with E-state index in [0.717, 1.165) is 57.1 Å². The quantitative estimate of drug-likeness (QED) is 0.161. The molecule has 0 N–H and O–H groups in total. The summed E-state index contributed by atoms with van der Waals surface area (Å²) in [5.41, 5.74) is 5.51. The summed E-state index contributed by atoms with van der Waals surface area (Å²) < 4.78 is 15.2. The summed E-state index contributed by atoms with van der Waals surface area (Å²) in [7, 11) is 8.27. The molecule has 1 aromatic heterocycles. The summed E-state index contributed by atoms with van der Waals surface area (Å²) >= 11 is 0. The predicted octanol–water partition coefficient (Wildman–Crippen LogP) is 5.30. The molecule has 6 unspecified atom stereocenters. The molecule has 0 spiro atoms. The van der Waals surface area contributed by atoms with E-state index in [-0.39, 0.29) is 91.0 Å². The number of halogens is 2. The zero-order chi connectivity index (χ0) is 43.6. The van der Waals surface area contributed by atoms with Crippen LogP contribution >= 0.6 is 0 Å². The fourth-order valence-electron chi connectivity index (χ4n) is 15.6. The molecule has 1 heterocycles. The van der Waals surface area contributed by atoms with E-state index in [1.165, 1.54) is 48.9 Å². The lowest BCUT2D eigenvalue weighted by molar-refractivity contribution is -0.711. The average molecular weight is 985 g/mol. The first-order chi connectivity index (χ1) is 28.3. The highest BCUT2D eigenvalue weighted by atomic mass is 79.9. The Morgan fingerprint density at radius 1 is 0.790 bits per heavy atom. The lowest BCUT2D eigenvalue weighted by Crippen LogP contribution is -3.00. The van der Waals surface area contributed by atoms with Gasteiger partial charge in [0.1, 0.15) is 6.10 Å². The maximum atomic E-state index is 14.0. The Hall–Kier alpha value is -2.13. The van der Waals surface area contributed by atoms with Crippen molar-refractivity contribution in [3.8, 4) is 0 Å². The molecule has 0 radical (unpaired) electrons. The van der Waals surface area contributed by atoms with Crippen LogP contribution < -0.4 is 43.4 Å². The fraction of sp³-hybridized carbons (Fsp3) is 0.755. The lowest BCUT2D eigenvalue weighted by atomic mass is 9.32. The first-order valence-corrected chi connectivity index (χ1v) is 24.1. The zero-order valence-electron chi connectivity index (χ0n) is 40.6. The molecule has 9 heteroatoms. The van der Waals surface area contributed by atoms with Gasteiger partial charge in [-0.2, -0.15) is 4.57 Å². The van der Waals surface area contributed by atoms with Gasteiger partial charge in [0.15, 0.2) is 12.4 Å². The molecule has 12 atom stereocenters. The molecule has 0 bridgehead atoms. The smallest absolute Gasteiger partial charge is 0.376 e. The van der Waals surface area contributed by atoms with Gasteiger partial charge in [0.25, 0.3) is 6.04 Å². The van der Waals surface area contributed by atoms with Crippen LogP contribution in [0.4, 0.5) is 5.69 Å². The average Bonchev–Trinajstić information content (AvgIpc) is 3.60. The predicted molar refractivity (Wildman–Crippen MR) is 243 cm³/mol. The van der Waals surface area contributed by atoms with E-state index in [9.17, 15) is 9.59 Å². The number of hydrogen-bond donors (Lipinski definition) is 0. The second kappa shape index (κ2) is 19.0. The first kappa shape index (κ1) is 50.9. The van der Waals surface area contributed by atoms with Crippen molar-refractivity contribution in [1.29, 1.82) is 0 Å². The SMILES string of the molecule is C=C(C)[C@@H]1CC[C@]2(COC(=O)C(CC)C3=CC=C(N(C)C)CC3)CC[C@]3(C)C(CCC4[C@@]5(C)CC[C@H](OC(=O)C(CC)[n+]6ccc(N(C)C)cc6)C(C)(C)C5CC[C@]43C)C12.[Br-].[Br-]. The summed E-state index contributed by atoms with van der Waals surface area (Å²) in [5.74, 6) is 2.43. The molecule has 0 amide bonds. The van der Waals surface area contributed by atoms with Crippen molar-refractivity contribution in [3.63, 3.8) is 0 Å². The van der Waals surface area contributed by atoms with E-state index in [1.807, 2.05) is 31.1 Å². The van der Waals surface area contributed by atoms with Gasteiger partial charge in [0, 0.05) is 69.0 Å². The third-order valence-electron chi connectivity index (χ3n) is 19.2. The van der Waals surface area contributed by atoms with Gasteiger partial charge < -0.3 is 53.2 Å². The van der Waals surface area contributed by atoms with Crippen molar-refractivity contribution in [1.82, 2.24) is 4.90 Å². The maximum absolute atomic E-state index is 14.0. The van der Waals surface area contributed by atoms with Gasteiger partial charge >= 0.3 is 11.9 Å². The van der Waals surface area contributed by atoms with Crippen LogP contribution in [0, 0.1) is 62.6 Å². The minimum Gasteiger partial charge on any atom is -1.00 e. The van der Waals surface area contributed by atoms with Crippen molar-refractivity contribution >= 4 is 17.6 Å². The molecular formula is C53H82Br2N3O4-. The Kier molecular flexibility index (Phi) is 15.6. The van der Waals surface area contributed by atoms with Crippen LogP contribution in [0.1, 0.15) is 151 Å². The van der Waals surface area contributed by atoms with E-state index in [0.29, 0.717) is 42.6 Å². The van der Waals surface area contributed by atoms with E-state index < -0.39 is 0 Å². The van der Waals surface area contributed by atoms with E-state index in [1.54, 1.807) is 0 Å². The molecule has 6 aliphatic carbocycles. The number of carbonyl (C=O) groups excluding carboxylic acids is 2. The van der Waals surface area contributed by atoms with Gasteiger partial charge in [-0.25, -0.2) is 4.79 Å². The van der Waals surface area contributed by atoms with Crippen LogP contribution in [0.5, 0.6) is 0 Å². The Bertz CT molecular complexity index is 1860. The molecule has 1 aromatic rings. The van der Waals surface area contributed by atoms with Crippen molar-refractivity contribution in [2.75, 3.05) is 39.7 Å². The van der Waals surface area contributed by atoms with Crippen LogP contribution in [-0.4, -0.2) is 57.7 Å². The molecule has 0 aromatic carbocycles. The third-order valence-corrected chi connectivity index (χ3v) is 19.2. The van der Waals surface area contributed by atoms with Crippen LogP contribution in [0.3, 0.4) is 0 Å². The second-order valence-electron chi connectivity index (χ2n) is 22.5. The molecule has 5 fully saturated rings. The monoisotopic (exact) mass is 982 g/mol. The second-order valence-corrected chi connectivity index (χ2v) is 22.5. The summed E-state index contributed by atoms with van der Waals surface area (Å²) in [5, 5.41) is 0. The molecule has 7 rings (SSSR count). The number of fused-ring (bicyclic) bond motifs is 7. The number of carbonyl (C=O) groups is 2. The van der Waals surface area contributed by atoms with Crippen molar-refractivity contribution < 1.29 is 57.6 Å². The van der Waals surface area contributed by atoms with E-state index in [2.05, 4.69) is 110 Å². The molecule has 5 saturated carbocycles. The summed E-state index contributed by atoms with van der Waals surface area (Å²) in [4.78, 5) is 32.3. The standard InChI is InChI=1S/C53H82N3O4.2BrH/c1-14-39(36-16-18-37(19-17-36)54(10)11)47(57)59-34-53-29-22-40(35(3)4)46(53)41-20-21-44-50(7)27-24-45(49(5,6)43(50)23-28-52(44,9)51(41,8)30-31-53)60-48(58)42(15-2)56-32-25-38(26-33-56)55(12)13;;/h16,18,25-26,32-33,39-46H,3,14-15,17,19-24,27-31,34H2,1-2,4-13H3;2*1H/q+1;;/p-2/t39?,40-,41?,42?,43?,44?,45-,46?,50-,51+,52+,53+;;/m0../s1. The number of rotatable bonds is 12. The number of ether oxygens (including phenoxy) is 2. The summed E-state index contributed by atoms with van der Waals surface area (Å²) in [6.45, 7) is 24.5. The Morgan fingerprint density at radius 2 is 1.48 bits per heavy atom. The van der Waals surface area contributed by atoms with Crippen molar-refractivity contribution in [3.05, 3.63) is 60.1 Å². The van der Waals surface area contributed by atoms with Crippen LogP contribution in [0.2, 0.25) is 0 Å². The normalized spacial score (nSPS) is 36.5. The van der Waals surface area contributed by atoms with Crippen molar-refractivity contribution in [2.45, 2.75) is 157 Å². The number of esters is 2. The highest BCUT2D eigenvalue weighted by molar-refractivity contribution is 5.76. The molecule has 6 aliphatic rings. The van der Waals surface area contributed by atoms with Gasteiger partial charge in [-0.1, -0.05) is 72.3 Å². The summed E-state index contributed by atoms with van der Waals surface area (Å²) in [6.07, 6.45) is 23.3. The minimum absolute atomic E-state index is 0. The van der Waals surface area contributed by atoms with Gasteiger partial charge in [0.2, 0.25) is 0 Å². The fourth-order valence-corrected chi connectivity index (χ4v) is 15.6. The van der Waals surface area contributed by atoms with Crippen molar-refractivity contribution in [2.24, 2.45) is 62.6 Å². The van der Waals surface area contributed by atoms with Crippen LogP contribution in [0.15, 0.2) is 60.1 Å².